The topological polar surface area (TPSA) is 26.0 Å². The zero-order valence-electron chi connectivity index (χ0n) is 10.8. The molecule has 0 bridgehead atoms. The van der Waals surface area contributed by atoms with E-state index in [0.717, 1.165) is 22.6 Å². The Morgan fingerprint density at radius 2 is 1.72 bits per heavy atom. The molecule has 1 nitrogen and oxygen atoms in total. The summed E-state index contributed by atoms with van der Waals surface area (Å²) in [4.78, 5) is 0. The molecule has 2 aromatic carbocycles. The molecule has 0 aliphatic carbocycles. The van der Waals surface area contributed by atoms with E-state index in [9.17, 15) is 0 Å². The molecule has 0 saturated carbocycles. The third-order valence-corrected chi connectivity index (χ3v) is 3.61. The van der Waals surface area contributed by atoms with Crippen molar-refractivity contribution in [2.45, 2.75) is 26.3 Å². The highest BCUT2D eigenvalue weighted by molar-refractivity contribution is 6.31. The second kappa shape index (κ2) is 5.55. The van der Waals surface area contributed by atoms with Crippen LogP contribution in [0.25, 0.3) is 0 Å². The third kappa shape index (κ3) is 3.12. The fraction of sp³-hybridized carbons (Fsp3) is 0.250. The Kier molecular flexibility index (Phi) is 4.05. The zero-order valence-corrected chi connectivity index (χ0v) is 11.5. The Bertz CT molecular complexity index is 531. The van der Waals surface area contributed by atoms with Gasteiger partial charge in [-0.1, -0.05) is 53.6 Å². The maximum absolute atomic E-state index is 6.24. The number of rotatable bonds is 3. The second-order valence-corrected chi connectivity index (χ2v) is 5.21. The molecule has 0 amide bonds. The molecule has 0 spiro atoms. The third-order valence-electron chi connectivity index (χ3n) is 3.19. The minimum Gasteiger partial charge on any atom is -0.324 e. The highest BCUT2D eigenvalue weighted by Gasteiger charge is 2.08. The van der Waals surface area contributed by atoms with Crippen molar-refractivity contribution >= 4 is 11.6 Å². The molecule has 0 aromatic heterocycles. The molecule has 0 fully saturated rings. The summed E-state index contributed by atoms with van der Waals surface area (Å²) in [6.45, 7) is 4.09. The first-order valence-electron chi connectivity index (χ1n) is 6.13. The quantitative estimate of drug-likeness (QED) is 0.878. The van der Waals surface area contributed by atoms with Gasteiger partial charge in [0.25, 0.3) is 0 Å². The van der Waals surface area contributed by atoms with Gasteiger partial charge in [-0.2, -0.15) is 0 Å². The molecule has 2 rings (SSSR count). The van der Waals surface area contributed by atoms with Crippen LogP contribution in [0.2, 0.25) is 5.02 Å². The largest absolute Gasteiger partial charge is 0.324 e. The maximum atomic E-state index is 6.24. The predicted octanol–water partition coefficient (Wildman–Crippen LogP) is 4.20. The molecule has 2 N–H and O–H groups in total. The fourth-order valence-corrected chi connectivity index (χ4v) is 2.11. The van der Waals surface area contributed by atoms with E-state index >= 15 is 0 Å². The molecule has 0 heterocycles. The van der Waals surface area contributed by atoms with E-state index in [1.54, 1.807) is 0 Å². The standard InChI is InChI=1S/C16H18ClN/c1-11-3-5-13(6-4-11)10-16(18)14-7-8-15(17)12(2)9-14/h3-9,16H,10,18H2,1-2H3. The smallest absolute Gasteiger partial charge is 0.0435 e. The van der Waals surface area contributed by atoms with Crippen molar-refractivity contribution in [2.75, 3.05) is 0 Å². The summed E-state index contributed by atoms with van der Waals surface area (Å²) < 4.78 is 0. The van der Waals surface area contributed by atoms with Crippen LogP contribution in [0, 0.1) is 13.8 Å². The van der Waals surface area contributed by atoms with Crippen LogP contribution in [-0.4, -0.2) is 0 Å². The summed E-state index contributed by atoms with van der Waals surface area (Å²) in [5.74, 6) is 0. The molecule has 0 aliphatic rings. The van der Waals surface area contributed by atoms with Crippen LogP contribution in [0.3, 0.4) is 0 Å². The summed E-state index contributed by atoms with van der Waals surface area (Å²) in [6.07, 6.45) is 0.849. The monoisotopic (exact) mass is 259 g/mol. The van der Waals surface area contributed by atoms with Gasteiger partial charge < -0.3 is 5.73 Å². The average Bonchev–Trinajstić information content (AvgIpc) is 2.35. The van der Waals surface area contributed by atoms with Crippen LogP contribution in [-0.2, 0) is 6.42 Å². The van der Waals surface area contributed by atoms with Gasteiger partial charge in [0, 0.05) is 11.1 Å². The molecule has 0 radical (unpaired) electrons. The van der Waals surface area contributed by atoms with Crippen molar-refractivity contribution in [2.24, 2.45) is 5.73 Å². The highest BCUT2D eigenvalue weighted by atomic mass is 35.5. The van der Waals surface area contributed by atoms with Gasteiger partial charge >= 0.3 is 0 Å². The predicted molar refractivity (Wildman–Crippen MR) is 78.0 cm³/mol. The summed E-state index contributed by atoms with van der Waals surface area (Å²) in [7, 11) is 0. The van der Waals surface area contributed by atoms with Gasteiger partial charge in [-0.3, -0.25) is 0 Å². The number of nitrogens with two attached hydrogens (primary N) is 1. The lowest BCUT2D eigenvalue weighted by molar-refractivity contribution is 0.721. The summed E-state index contributed by atoms with van der Waals surface area (Å²) >= 11 is 6.02. The van der Waals surface area contributed by atoms with Gasteiger partial charge in [0.1, 0.15) is 0 Å². The van der Waals surface area contributed by atoms with Crippen LogP contribution >= 0.6 is 11.6 Å². The van der Waals surface area contributed by atoms with Crippen LogP contribution < -0.4 is 5.73 Å². The van der Waals surface area contributed by atoms with Crippen LogP contribution in [0.1, 0.15) is 28.3 Å². The number of halogens is 1. The van der Waals surface area contributed by atoms with Crippen molar-refractivity contribution < 1.29 is 0 Å². The first-order chi connectivity index (χ1) is 8.56. The Labute approximate surface area is 114 Å². The number of benzene rings is 2. The fourth-order valence-electron chi connectivity index (χ4n) is 1.99. The Morgan fingerprint density at radius 1 is 1.06 bits per heavy atom. The van der Waals surface area contributed by atoms with Gasteiger partial charge in [0.15, 0.2) is 0 Å². The summed E-state index contributed by atoms with van der Waals surface area (Å²) in [6, 6.07) is 14.5. The van der Waals surface area contributed by atoms with E-state index in [4.69, 9.17) is 17.3 Å². The van der Waals surface area contributed by atoms with E-state index < -0.39 is 0 Å². The lowest BCUT2D eigenvalue weighted by Crippen LogP contribution is -2.13. The molecule has 94 valence electrons. The minimum atomic E-state index is 0.0173. The van der Waals surface area contributed by atoms with E-state index in [1.165, 1.54) is 11.1 Å². The van der Waals surface area contributed by atoms with Crippen LogP contribution in [0.15, 0.2) is 42.5 Å². The Balaban J connectivity index is 2.13. The number of hydrogen-bond donors (Lipinski definition) is 1. The van der Waals surface area contributed by atoms with Crippen LogP contribution in [0.4, 0.5) is 0 Å². The van der Waals surface area contributed by atoms with Crippen molar-refractivity contribution in [3.8, 4) is 0 Å². The molecule has 1 unspecified atom stereocenters. The highest BCUT2D eigenvalue weighted by Crippen LogP contribution is 2.22. The summed E-state index contributed by atoms with van der Waals surface area (Å²) in [5, 5.41) is 0.793. The van der Waals surface area contributed by atoms with Crippen LogP contribution in [0.5, 0.6) is 0 Å². The molecule has 18 heavy (non-hydrogen) atoms. The SMILES string of the molecule is Cc1ccc(CC(N)c2ccc(Cl)c(C)c2)cc1. The number of aryl methyl sites for hydroxylation is 2. The van der Waals surface area contributed by atoms with Gasteiger partial charge in [0.2, 0.25) is 0 Å². The average molecular weight is 260 g/mol. The van der Waals surface area contributed by atoms with E-state index in [2.05, 4.69) is 37.3 Å². The van der Waals surface area contributed by atoms with E-state index in [1.807, 2.05) is 19.1 Å². The van der Waals surface area contributed by atoms with Gasteiger partial charge in [0.05, 0.1) is 0 Å². The lowest BCUT2D eigenvalue weighted by atomic mass is 9.98. The van der Waals surface area contributed by atoms with Gasteiger partial charge in [-0.25, -0.2) is 0 Å². The lowest BCUT2D eigenvalue weighted by Gasteiger charge is -2.13. The molecule has 2 aromatic rings. The Hall–Kier alpha value is -1.31. The van der Waals surface area contributed by atoms with Crippen molar-refractivity contribution in [3.05, 3.63) is 69.7 Å². The molecule has 0 saturated heterocycles. The van der Waals surface area contributed by atoms with Crippen molar-refractivity contribution in [1.82, 2.24) is 0 Å². The van der Waals surface area contributed by atoms with E-state index in [0.29, 0.717) is 0 Å². The first-order valence-corrected chi connectivity index (χ1v) is 6.51. The Morgan fingerprint density at radius 3 is 2.33 bits per heavy atom. The van der Waals surface area contributed by atoms with E-state index in [-0.39, 0.29) is 6.04 Å². The second-order valence-electron chi connectivity index (χ2n) is 4.80. The minimum absolute atomic E-state index is 0.0173. The maximum Gasteiger partial charge on any atom is 0.0435 e. The van der Waals surface area contributed by atoms with Crippen molar-refractivity contribution in [1.29, 1.82) is 0 Å². The molecular weight excluding hydrogens is 242 g/mol. The van der Waals surface area contributed by atoms with Gasteiger partial charge in [-0.05, 0) is 43.0 Å². The molecule has 2 heteroatoms. The summed E-state index contributed by atoms with van der Waals surface area (Å²) in [5.41, 5.74) is 11.0. The zero-order chi connectivity index (χ0) is 13.1. The van der Waals surface area contributed by atoms with Crippen molar-refractivity contribution in [3.63, 3.8) is 0 Å². The number of hydrogen-bond acceptors (Lipinski definition) is 1. The molecule has 1 atom stereocenters. The normalized spacial score (nSPS) is 12.4. The molecule has 0 aliphatic heterocycles. The van der Waals surface area contributed by atoms with Gasteiger partial charge in [-0.15, -0.1) is 0 Å². The first kappa shape index (κ1) is 13.1. The molecular formula is C16H18ClN.